The fraction of sp³-hybridized carbons (Fsp3) is 0.211. The van der Waals surface area contributed by atoms with Crippen LogP contribution in [-0.2, 0) is 4.79 Å². The van der Waals surface area contributed by atoms with Crippen molar-refractivity contribution in [3.63, 3.8) is 0 Å². The summed E-state index contributed by atoms with van der Waals surface area (Å²) in [4.78, 5) is 32.7. The summed E-state index contributed by atoms with van der Waals surface area (Å²) in [5, 5.41) is 3.36. The zero-order valence-corrected chi connectivity index (χ0v) is 15.4. The molecule has 0 unspecified atom stereocenters. The van der Waals surface area contributed by atoms with Crippen LogP contribution in [0.3, 0.4) is 0 Å². The maximum atomic E-state index is 12.6. The molecular weight excluding hydrogens is 368 g/mol. The number of benzene rings is 2. The fourth-order valence-corrected chi connectivity index (χ4v) is 3.25. The van der Waals surface area contributed by atoms with E-state index < -0.39 is 0 Å². The molecule has 0 atom stereocenters. The van der Waals surface area contributed by atoms with E-state index in [-0.39, 0.29) is 18.4 Å². The first-order chi connectivity index (χ1) is 13.0. The standard InChI is InChI=1S/C19H17ClN4O3/c1-23-18(26)15-10-13(4-7-16(15)24-9-8-21-19(23)24)22-17(25)11-27-14-5-2-12(20)3-6-14/h2-7,10H,8-9,11H2,1H3,(H,22,25). The Morgan fingerprint density at radius 2 is 2.04 bits per heavy atom. The number of nitrogens with zero attached hydrogens (tertiary/aromatic N) is 3. The summed E-state index contributed by atoms with van der Waals surface area (Å²) in [7, 11) is 1.70. The molecule has 0 saturated carbocycles. The minimum Gasteiger partial charge on any atom is -0.484 e. The Morgan fingerprint density at radius 1 is 1.26 bits per heavy atom. The molecule has 0 spiro atoms. The number of rotatable bonds is 4. The number of carbonyl (C=O) groups excluding carboxylic acids is 2. The molecule has 138 valence electrons. The molecule has 0 aliphatic carbocycles. The molecule has 0 bridgehead atoms. The van der Waals surface area contributed by atoms with Gasteiger partial charge >= 0.3 is 0 Å². The average molecular weight is 385 g/mol. The lowest BCUT2D eigenvalue weighted by molar-refractivity contribution is -0.118. The molecule has 2 heterocycles. The minimum absolute atomic E-state index is 0.143. The van der Waals surface area contributed by atoms with Crippen molar-refractivity contribution in [3.05, 3.63) is 53.1 Å². The number of nitrogens with one attached hydrogen (secondary N) is 1. The highest BCUT2D eigenvalue weighted by Crippen LogP contribution is 2.32. The Morgan fingerprint density at radius 3 is 2.81 bits per heavy atom. The van der Waals surface area contributed by atoms with Crippen LogP contribution in [0.15, 0.2) is 47.5 Å². The Bertz CT molecular complexity index is 942. The predicted octanol–water partition coefficient (Wildman–Crippen LogP) is 2.62. The first kappa shape index (κ1) is 17.4. The number of hydrogen-bond acceptors (Lipinski definition) is 5. The molecule has 2 aromatic rings. The highest BCUT2D eigenvalue weighted by atomic mass is 35.5. The molecule has 4 rings (SSSR count). The normalized spacial score (nSPS) is 15.2. The number of hydrogen-bond donors (Lipinski definition) is 1. The van der Waals surface area contributed by atoms with Crippen LogP contribution in [0.5, 0.6) is 5.75 Å². The summed E-state index contributed by atoms with van der Waals surface area (Å²) >= 11 is 5.82. The topological polar surface area (TPSA) is 74.2 Å². The molecule has 0 fully saturated rings. The summed E-state index contributed by atoms with van der Waals surface area (Å²) in [5.74, 6) is 0.763. The van der Waals surface area contributed by atoms with Crippen LogP contribution in [0.1, 0.15) is 10.4 Å². The molecular formula is C19H17ClN4O3. The van der Waals surface area contributed by atoms with Gasteiger partial charge in [-0.15, -0.1) is 0 Å². The van der Waals surface area contributed by atoms with Crippen molar-refractivity contribution in [1.29, 1.82) is 0 Å². The van der Waals surface area contributed by atoms with Gasteiger partial charge in [-0.05, 0) is 42.5 Å². The van der Waals surface area contributed by atoms with E-state index in [9.17, 15) is 9.59 Å². The zero-order chi connectivity index (χ0) is 19.0. The molecule has 0 radical (unpaired) electrons. The van der Waals surface area contributed by atoms with Gasteiger partial charge in [-0.1, -0.05) is 11.6 Å². The van der Waals surface area contributed by atoms with Crippen LogP contribution in [-0.4, -0.2) is 49.4 Å². The molecule has 0 aromatic heterocycles. The van der Waals surface area contributed by atoms with E-state index in [0.717, 1.165) is 12.2 Å². The number of anilines is 2. The van der Waals surface area contributed by atoms with Gasteiger partial charge in [0.05, 0.1) is 17.8 Å². The van der Waals surface area contributed by atoms with Gasteiger partial charge in [0.1, 0.15) is 5.75 Å². The van der Waals surface area contributed by atoms with Gasteiger partial charge in [-0.2, -0.15) is 0 Å². The van der Waals surface area contributed by atoms with Gasteiger partial charge in [0.25, 0.3) is 11.8 Å². The van der Waals surface area contributed by atoms with E-state index in [1.165, 1.54) is 4.90 Å². The lowest BCUT2D eigenvalue weighted by atomic mass is 10.1. The van der Waals surface area contributed by atoms with Gasteiger partial charge in [0.2, 0.25) is 5.96 Å². The molecule has 2 amide bonds. The summed E-state index contributed by atoms with van der Waals surface area (Å²) in [6.45, 7) is 1.25. The fourth-order valence-electron chi connectivity index (χ4n) is 3.12. The van der Waals surface area contributed by atoms with E-state index in [1.54, 1.807) is 43.4 Å². The number of amides is 2. The van der Waals surface area contributed by atoms with Crippen molar-refractivity contribution < 1.29 is 14.3 Å². The average Bonchev–Trinajstić information content (AvgIpc) is 3.16. The first-order valence-electron chi connectivity index (χ1n) is 8.45. The third-order valence-electron chi connectivity index (χ3n) is 4.41. The Labute approximate surface area is 161 Å². The van der Waals surface area contributed by atoms with Crippen molar-refractivity contribution >= 4 is 40.7 Å². The first-order valence-corrected chi connectivity index (χ1v) is 8.83. The van der Waals surface area contributed by atoms with E-state index >= 15 is 0 Å². The maximum Gasteiger partial charge on any atom is 0.262 e. The quantitative estimate of drug-likeness (QED) is 0.879. The summed E-state index contributed by atoms with van der Waals surface area (Å²) in [6.07, 6.45) is 0. The van der Waals surface area contributed by atoms with Crippen LogP contribution in [0, 0.1) is 0 Å². The highest BCUT2D eigenvalue weighted by Gasteiger charge is 2.35. The number of fused-ring (bicyclic) bond motifs is 3. The van der Waals surface area contributed by atoms with Crippen LogP contribution >= 0.6 is 11.6 Å². The van der Waals surface area contributed by atoms with Crippen LogP contribution < -0.4 is 15.0 Å². The second-order valence-corrected chi connectivity index (χ2v) is 6.66. The van der Waals surface area contributed by atoms with Crippen molar-refractivity contribution in [3.8, 4) is 5.75 Å². The molecule has 1 N–H and O–H groups in total. The molecule has 2 aromatic carbocycles. The number of ether oxygens (including phenoxy) is 1. The summed E-state index contributed by atoms with van der Waals surface area (Å²) in [6, 6.07) is 12.1. The smallest absolute Gasteiger partial charge is 0.262 e. The molecule has 8 heteroatoms. The van der Waals surface area contributed by atoms with E-state index in [0.29, 0.717) is 34.5 Å². The number of guanidine groups is 1. The maximum absolute atomic E-state index is 12.6. The van der Waals surface area contributed by atoms with Gasteiger partial charge < -0.3 is 15.0 Å². The Balaban J connectivity index is 1.46. The summed E-state index contributed by atoms with van der Waals surface area (Å²) in [5.41, 5.74) is 1.89. The second-order valence-electron chi connectivity index (χ2n) is 6.22. The zero-order valence-electron chi connectivity index (χ0n) is 14.6. The van der Waals surface area contributed by atoms with Crippen LogP contribution in [0.2, 0.25) is 5.02 Å². The van der Waals surface area contributed by atoms with Crippen molar-refractivity contribution in [2.24, 2.45) is 4.99 Å². The monoisotopic (exact) mass is 384 g/mol. The molecule has 2 aliphatic heterocycles. The molecule has 2 aliphatic rings. The lowest BCUT2D eigenvalue weighted by Gasteiger charge is -2.33. The molecule has 0 saturated heterocycles. The number of halogens is 1. The van der Waals surface area contributed by atoms with Gasteiger partial charge in [-0.3, -0.25) is 19.5 Å². The third-order valence-corrected chi connectivity index (χ3v) is 4.66. The highest BCUT2D eigenvalue weighted by molar-refractivity contribution is 6.30. The van der Waals surface area contributed by atoms with Gasteiger partial charge in [0.15, 0.2) is 6.61 Å². The largest absolute Gasteiger partial charge is 0.484 e. The van der Waals surface area contributed by atoms with Gasteiger partial charge in [0, 0.05) is 24.3 Å². The Hall–Kier alpha value is -3.06. The van der Waals surface area contributed by atoms with E-state index in [2.05, 4.69) is 10.3 Å². The Kier molecular flexibility index (Phi) is 4.45. The van der Waals surface area contributed by atoms with E-state index in [4.69, 9.17) is 16.3 Å². The third kappa shape index (κ3) is 3.33. The van der Waals surface area contributed by atoms with Crippen LogP contribution in [0.4, 0.5) is 11.4 Å². The predicted molar refractivity (Wildman–Crippen MR) is 104 cm³/mol. The molecule has 27 heavy (non-hydrogen) atoms. The van der Waals surface area contributed by atoms with Crippen molar-refractivity contribution in [2.45, 2.75) is 0 Å². The number of aliphatic imine (C=N–C) groups is 1. The van der Waals surface area contributed by atoms with Crippen LogP contribution in [0.25, 0.3) is 0 Å². The second kappa shape index (κ2) is 6.92. The van der Waals surface area contributed by atoms with Crippen molar-refractivity contribution in [2.75, 3.05) is 37.0 Å². The lowest BCUT2D eigenvalue weighted by Crippen LogP contribution is -2.48. The van der Waals surface area contributed by atoms with Gasteiger partial charge in [-0.25, -0.2) is 0 Å². The van der Waals surface area contributed by atoms with E-state index in [1.807, 2.05) is 11.0 Å². The SMILES string of the molecule is CN1C(=O)c2cc(NC(=O)COc3ccc(Cl)cc3)ccc2N2CCN=C12. The van der Waals surface area contributed by atoms with Crippen molar-refractivity contribution in [1.82, 2.24) is 4.90 Å². The number of carbonyl (C=O) groups is 2. The molecule has 7 nitrogen and oxygen atoms in total. The minimum atomic E-state index is -0.315. The summed E-state index contributed by atoms with van der Waals surface area (Å²) < 4.78 is 5.43.